The van der Waals surface area contributed by atoms with Crippen LogP contribution < -0.4 is 9.64 Å². The molecular formula is C10H12ClF3N4O2. The third-order valence-electron chi connectivity index (χ3n) is 2.61. The number of morpholine rings is 1. The number of halogens is 4. The van der Waals surface area contributed by atoms with Gasteiger partial charge in [-0.1, -0.05) is 0 Å². The molecule has 1 atom stereocenters. The summed E-state index contributed by atoms with van der Waals surface area (Å²) in [5.41, 5.74) is 0. The second kappa shape index (κ2) is 5.96. The molecule has 0 N–H and O–H groups in total. The molecule has 1 aromatic rings. The quantitative estimate of drug-likeness (QED) is 0.846. The predicted molar refractivity (Wildman–Crippen MR) is 64.0 cm³/mol. The van der Waals surface area contributed by atoms with Gasteiger partial charge in [-0.05, 0) is 18.5 Å². The Hall–Kier alpha value is -1.35. The maximum absolute atomic E-state index is 12.4. The van der Waals surface area contributed by atoms with Crippen LogP contribution in [0, 0.1) is 0 Å². The summed E-state index contributed by atoms with van der Waals surface area (Å²) in [6.45, 7) is 2.88. The van der Waals surface area contributed by atoms with E-state index in [1.807, 2.05) is 0 Å². The van der Waals surface area contributed by atoms with E-state index in [1.54, 1.807) is 4.90 Å². The third-order valence-corrected chi connectivity index (χ3v) is 2.78. The molecule has 1 saturated heterocycles. The van der Waals surface area contributed by atoms with Crippen LogP contribution in [0.3, 0.4) is 0 Å². The fourth-order valence-corrected chi connectivity index (χ4v) is 1.65. The molecule has 0 aromatic carbocycles. The Bertz CT molecular complexity index is 468. The highest BCUT2D eigenvalue weighted by atomic mass is 35.5. The lowest BCUT2D eigenvalue weighted by atomic mass is 10.4. The van der Waals surface area contributed by atoms with Crippen molar-refractivity contribution in [1.82, 2.24) is 15.0 Å². The Morgan fingerprint density at radius 1 is 1.25 bits per heavy atom. The minimum absolute atomic E-state index is 0.178. The Morgan fingerprint density at radius 3 is 2.50 bits per heavy atom. The Labute approximate surface area is 117 Å². The second-order valence-corrected chi connectivity index (χ2v) is 4.43. The van der Waals surface area contributed by atoms with Crippen molar-refractivity contribution in [1.29, 1.82) is 0 Å². The van der Waals surface area contributed by atoms with Gasteiger partial charge in [0.1, 0.15) is 0 Å². The molecule has 0 radical (unpaired) electrons. The van der Waals surface area contributed by atoms with Crippen LogP contribution in [0.5, 0.6) is 6.01 Å². The van der Waals surface area contributed by atoms with Gasteiger partial charge >= 0.3 is 12.2 Å². The topological polar surface area (TPSA) is 60.4 Å². The monoisotopic (exact) mass is 312 g/mol. The summed E-state index contributed by atoms with van der Waals surface area (Å²) in [6, 6.07) is -0.448. The van der Waals surface area contributed by atoms with Crippen LogP contribution >= 0.6 is 11.6 Å². The number of ether oxygens (including phenoxy) is 2. The fourth-order valence-electron chi connectivity index (χ4n) is 1.50. The highest BCUT2D eigenvalue weighted by Gasteiger charge is 2.38. The standard InChI is InChI=1S/C10H12ClF3N4O2/c1-6(10(12,13)14)20-9-16-7(11)15-8(17-9)18-2-4-19-5-3-18/h6H,2-5H2,1H3. The molecule has 1 aliphatic rings. The van der Waals surface area contributed by atoms with Crippen molar-refractivity contribution >= 4 is 17.5 Å². The molecule has 2 heterocycles. The summed E-state index contributed by atoms with van der Waals surface area (Å²) in [4.78, 5) is 13.0. The van der Waals surface area contributed by atoms with Gasteiger partial charge in [0.05, 0.1) is 13.2 Å². The van der Waals surface area contributed by atoms with E-state index in [0.29, 0.717) is 26.3 Å². The maximum atomic E-state index is 12.4. The average molecular weight is 313 g/mol. The molecule has 0 saturated carbocycles. The van der Waals surface area contributed by atoms with Crippen LogP contribution in [-0.4, -0.2) is 53.5 Å². The van der Waals surface area contributed by atoms with Gasteiger partial charge in [0.15, 0.2) is 6.10 Å². The Morgan fingerprint density at radius 2 is 1.90 bits per heavy atom. The van der Waals surface area contributed by atoms with Gasteiger partial charge in [0.25, 0.3) is 0 Å². The number of hydrogen-bond donors (Lipinski definition) is 0. The second-order valence-electron chi connectivity index (χ2n) is 4.09. The molecule has 1 unspecified atom stereocenters. The summed E-state index contributed by atoms with van der Waals surface area (Å²) in [5, 5.41) is -0.217. The number of rotatable bonds is 3. The Balaban J connectivity index is 2.15. The van der Waals surface area contributed by atoms with Crippen molar-refractivity contribution in [3.8, 4) is 6.01 Å². The van der Waals surface area contributed by atoms with Crippen molar-refractivity contribution in [3.05, 3.63) is 5.28 Å². The van der Waals surface area contributed by atoms with Gasteiger partial charge in [-0.15, -0.1) is 0 Å². The molecule has 1 aromatic heterocycles. The SMILES string of the molecule is CC(Oc1nc(Cl)nc(N2CCOCC2)n1)C(F)(F)F. The number of aromatic nitrogens is 3. The first-order valence-electron chi connectivity index (χ1n) is 5.84. The van der Waals surface area contributed by atoms with Crippen molar-refractivity contribution in [3.63, 3.8) is 0 Å². The number of anilines is 1. The summed E-state index contributed by atoms with van der Waals surface area (Å²) < 4.78 is 47.1. The first-order chi connectivity index (χ1) is 9.36. The average Bonchev–Trinajstić information content (AvgIpc) is 2.38. The molecule has 0 aliphatic carbocycles. The molecule has 0 bridgehead atoms. The zero-order chi connectivity index (χ0) is 14.8. The first-order valence-corrected chi connectivity index (χ1v) is 6.21. The molecule has 0 spiro atoms. The van der Waals surface area contributed by atoms with Crippen molar-refractivity contribution in [2.45, 2.75) is 19.2 Å². The van der Waals surface area contributed by atoms with Crippen molar-refractivity contribution in [2.24, 2.45) is 0 Å². The van der Waals surface area contributed by atoms with E-state index in [-0.39, 0.29) is 11.2 Å². The van der Waals surface area contributed by atoms with Crippen LogP contribution in [-0.2, 0) is 4.74 Å². The molecule has 1 fully saturated rings. The van der Waals surface area contributed by atoms with E-state index in [4.69, 9.17) is 16.3 Å². The van der Waals surface area contributed by atoms with Crippen LogP contribution in [0.25, 0.3) is 0 Å². The zero-order valence-corrected chi connectivity index (χ0v) is 11.3. The van der Waals surface area contributed by atoms with Gasteiger partial charge in [-0.2, -0.15) is 28.1 Å². The largest absolute Gasteiger partial charge is 0.451 e. The van der Waals surface area contributed by atoms with E-state index in [0.717, 1.165) is 6.92 Å². The lowest BCUT2D eigenvalue weighted by Crippen LogP contribution is -2.37. The molecule has 2 rings (SSSR count). The van der Waals surface area contributed by atoms with Crippen LogP contribution in [0.15, 0.2) is 0 Å². The van der Waals surface area contributed by atoms with E-state index >= 15 is 0 Å². The van der Waals surface area contributed by atoms with Gasteiger partial charge < -0.3 is 14.4 Å². The zero-order valence-electron chi connectivity index (χ0n) is 10.5. The molecule has 6 nitrogen and oxygen atoms in total. The minimum atomic E-state index is -4.50. The normalized spacial score (nSPS) is 17.9. The first kappa shape index (κ1) is 15.0. The third kappa shape index (κ3) is 3.83. The summed E-state index contributed by atoms with van der Waals surface area (Å²) in [7, 11) is 0. The number of alkyl halides is 3. The molecule has 20 heavy (non-hydrogen) atoms. The van der Waals surface area contributed by atoms with E-state index in [9.17, 15) is 13.2 Å². The molecule has 112 valence electrons. The lowest BCUT2D eigenvalue weighted by Gasteiger charge is -2.26. The fraction of sp³-hybridized carbons (Fsp3) is 0.700. The van der Waals surface area contributed by atoms with Crippen LogP contribution in [0.4, 0.5) is 19.1 Å². The summed E-state index contributed by atoms with van der Waals surface area (Å²) >= 11 is 5.69. The number of nitrogens with zero attached hydrogens (tertiary/aromatic N) is 4. The lowest BCUT2D eigenvalue weighted by molar-refractivity contribution is -0.190. The molecular weight excluding hydrogens is 301 g/mol. The van der Waals surface area contributed by atoms with E-state index in [2.05, 4.69) is 19.7 Å². The van der Waals surface area contributed by atoms with Crippen LogP contribution in [0.2, 0.25) is 5.28 Å². The van der Waals surface area contributed by atoms with Gasteiger partial charge in [-0.3, -0.25) is 0 Å². The van der Waals surface area contributed by atoms with E-state index in [1.165, 1.54) is 0 Å². The maximum Gasteiger partial charge on any atom is 0.425 e. The van der Waals surface area contributed by atoms with Crippen LogP contribution in [0.1, 0.15) is 6.92 Å². The van der Waals surface area contributed by atoms with Crippen molar-refractivity contribution in [2.75, 3.05) is 31.2 Å². The molecule has 10 heteroatoms. The van der Waals surface area contributed by atoms with E-state index < -0.39 is 18.3 Å². The highest BCUT2D eigenvalue weighted by Crippen LogP contribution is 2.24. The molecule has 0 amide bonds. The number of hydrogen-bond acceptors (Lipinski definition) is 6. The smallest absolute Gasteiger partial charge is 0.425 e. The minimum Gasteiger partial charge on any atom is -0.451 e. The van der Waals surface area contributed by atoms with Gasteiger partial charge in [-0.25, -0.2) is 0 Å². The summed E-state index contributed by atoms with van der Waals surface area (Å²) in [6.07, 6.45) is -6.53. The summed E-state index contributed by atoms with van der Waals surface area (Å²) in [5.74, 6) is 0.178. The molecule has 1 aliphatic heterocycles. The van der Waals surface area contributed by atoms with Gasteiger partial charge in [0, 0.05) is 13.1 Å². The van der Waals surface area contributed by atoms with Crippen molar-refractivity contribution < 1.29 is 22.6 Å². The highest BCUT2D eigenvalue weighted by molar-refractivity contribution is 6.28. The van der Waals surface area contributed by atoms with Gasteiger partial charge in [0.2, 0.25) is 11.2 Å². The predicted octanol–water partition coefficient (Wildman–Crippen LogP) is 1.69. The Kier molecular flexibility index (Phi) is 4.48.